The van der Waals surface area contributed by atoms with E-state index in [9.17, 15) is 14.4 Å². The Balaban J connectivity index is 2.04. The summed E-state index contributed by atoms with van der Waals surface area (Å²) >= 11 is 3.37. The second kappa shape index (κ2) is 7.40. The van der Waals surface area contributed by atoms with Gasteiger partial charge in [0.05, 0.1) is 7.11 Å². The van der Waals surface area contributed by atoms with Crippen LogP contribution in [0.5, 0.6) is 0 Å². The van der Waals surface area contributed by atoms with Crippen molar-refractivity contribution in [1.82, 2.24) is 10.6 Å². The topological polar surface area (TPSA) is 84.5 Å². The summed E-state index contributed by atoms with van der Waals surface area (Å²) in [6.45, 7) is 0. The molecule has 1 aliphatic heterocycles. The summed E-state index contributed by atoms with van der Waals surface area (Å²) in [6, 6.07) is 6.10. The van der Waals surface area contributed by atoms with E-state index in [4.69, 9.17) is 4.74 Å². The van der Waals surface area contributed by atoms with Gasteiger partial charge in [-0.05, 0) is 24.1 Å². The lowest BCUT2D eigenvalue weighted by molar-refractivity contribution is -0.145. The average molecular weight is 369 g/mol. The van der Waals surface area contributed by atoms with Crippen molar-refractivity contribution in [2.75, 3.05) is 7.11 Å². The van der Waals surface area contributed by atoms with Crippen LogP contribution in [0.3, 0.4) is 0 Å². The molecule has 0 radical (unpaired) electrons. The first-order valence-electron chi connectivity index (χ1n) is 6.91. The van der Waals surface area contributed by atoms with Crippen molar-refractivity contribution in [2.24, 2.45) is 0 Å². The molecule has 6 nitrogen and oxygen atoms in total. The number of carbonyl (C=O) groups excluding carboxylic acids is 3. The Bertz CT molecular complexity index is 591. The average Bonchev–Trinajstić information content (AvgIpc) is 2.92. The zero-order chi connectivity index (χ0) is 16.1. The van der Waals surface area contributed by atoms with Gasteiger partial charge in [-0.2, -0.15) is 0 Å². The Labute approximate surface area is 136 Å². The third-order valence-corrected chi connectivity index (χ3v) is 3.94. The van der Waals surface area contributed by atoms with Crippen LogP contribution in [0, 0.1) is 0 Å². The number of rotatable bonds is 5. The summed E-state index contributed by atoms with van der Waals surface area (Å²) in [5.74, 6) is -1.03. The molecule has 0 unspecified atom stereocenters. The Hall–Kier alpha value is -1.89. The van der Waals surface area contributed by atoms with E-state index < -0.39 is 18.1 Å². The van der Waals surface area contributed by atoms with Gasteiger partial charge in [0, 0.05) is 17.3 Å². The van der Waals surface area contributed by atoms with E-state index in [0.29, 0.717) is 19.3 Å². The fourth-order valence-electron chi connectivity index (χ4n) is 2.32. The highest BCUT2D eigenvalue weighted by molar-refractivity contribution is 9.10. The minimum absolute atomic E-state index is 0.151. The number of hydrogen-bond acceptors (Lipinski definition) is 4. The van der Waals surface area contributed by atoms with E-state index >= 15 is 0 Å². The molecule has 118 valence electrons. The van der Waals surface area contributed by atoms with E-state index in [1.807, 2.05) is 24.3 Å². The van der Waals surface area contributed by atoms with Crippen LogP contribution in [0.1, 0.15) is 18.4 Å². The summed E-state index contributed by atoms with van der Waals surface area (Å²) in [4.78, 5) is 35.2. The highest BCUT2D eigenvalue weighted by Gasteiger charge is 2.30. The van der Waals surface area contributed by atoms with Gasteiger partial charge in [0.25, 0.3) is 0 Å². The van der Waals surface area contributed by atoms with Crippen molar-refractivity contribution in [3.8, 4) is 0 Å². The molecule has 1 heterocycles. The minimum atomic E-state index is -0.788. The maximum Gasteiger partial charge on any atom is 0.328 e. The molecule has 1 saturated heterocycles. The molecule has 0 aliphatic carbocycles. The van der Waals surface area contributed by atoms with Crippen molar-refractivity contribution in [3.63, 3.8) is 0 Å². The lowest BCUT2D eigenvalue weighted by atomic mass is 10.1. The molecule has 2 atom stereocenters. The first-order chi connectivity index (χ1) is 10.5. The molecule has 2 amide bonds. The maximum atomic E-state index is 12.1. The van der Waals surface area contributed by atoms with E-state index in [0.717, 1.165) is 10.0 Å². The minimum Gasteiger partial charge on any atom is -0.467 e. The van der Waals surface area contributed by atoms with E-state index in [2.05, 4.69) is 26.6 Å². The predicted octanol–water partition coefficient (Wildman–Crippen LogP) is 0.928. The van der Waals surface area contributed by atoms with Crippen molar-refractivity contribution >= 4 is 33.7 Å². The predicted molar refractivity (Wildman–Crippen MR) is 83.0 cm³/mol. The van der Waals surface area contributed by atoms with Crippen LogP contribution in [0.25, 0.3) is 0 Å². The van der Waals surface area contributed by atoms with E-state index in [-0.39, 0.29) is 11.8 Å². The third kappa shape index (κ3) is 4.30. The molecule has 1 fully saturated rings. The van der Waals surface area contributed by atoms with Gasteiger partial charge in [-0.1, -0.05) is 28.1 Å². The van der Waals surface area contributed by atoms with Gasteiger partial charge in [0.2, 0.25) is 11.8 Å². The van der Waals surface area contributed by atoms with Crippen molar-refractivity contribution in [2.45, 2.75) is 31.3 Å². The zero-order valence-electron chi connectivity index (χ0n) is 12.1. The fourth-order valence-corrected chi connectivity index (χ4v) is 2.76. The number of methoxy groups -OCH3 is 1. The molecule has 0 aromatic heterocycles. The first kappa shape index (κ1) is 16.5. The van der Waals surface area contributed by atoms with Gasteiger partial charge in [0.1, 0.15) is 12.1 Å². The van der Waals surface area contributed by atoms with Crippen LogP contribution in [-0.2, 0) is 25.5 Å². The maximum absolute atomic E-state index is 12.1. The molecule has 1 aromatic rings. The largest absolute Gasteiger partial charge is 0.467 e. The lowest BCUT2D eigenvalue weighted by Gasteiger charge is -2.19. The highest BCUT2D eigenvalue weighted by Crippen LogP contribution is 2.14. The molecule has 7 heteroatoms. The second-order valence-electron chi connectivity index (χ2n) is 5.08. The number of carbonyl (C=O) groups is 3. The van der Waals surface area contributed by atoms with Gasteiger partial charge in [-0.3, -0.25) is 9.59 Å². The van der Waals surface area contributed by atoms with E-state index in [1.54, 1.807) is 0 Å². The number of ether oxygens (including phenoxy) is 1. The van der Waals surface area contributed by atoms with Gasteiger partial charge in [0.15, 0.2) is 0 Å². The Morgan fingerprint density at radius 1 is 1.50 bits per heavy atom. The summed E-state index contributed by atoms with van der Waals surface area (Å²) in [5, 5.41) is 5.23. The van der Waals surface area contributed by atoms with Crippen LogP contribution in [0.2, 0.25) is 0 Å². The number of hydrogen-bond donors (Lipinski definition) is 2. The fraction of sp³-hybridized carbons (Fsp3) is 0.400. The first-order valence-corrected chi connectivity index (χ1v) is 7.71. The molecule has 1 aromatic carbocycles. The quantitative estimate of drug-likeness (QED) is 0.757. The smallest absolute Gasteiger partial charge is 0.328 e. The second-order valence-corrected chi connectivity index (χ2v) is 5.99. The van der Waals surface area contributed by atoms with Crippen LogP contribution < -0.4 is 10.6 Å². The van der Waals surface area contributed by atoms with Crippen LogP contribution in [0.15, 0.2) is 28.7 Å². The summed E-state index contributed by atoms with van der Waals surface area (Å²) in [7, 11) is 1.28. The molecular formula is C15H17BrN2O4. The molecule has 22 heavy (non-hydrogen) atoms. The van der Waals surface area contributed by atoms with Crippen LogP contribution >= 0.6 is 15.9 Å². The Morgan fingerprint density at radius 2 is 2.27 bits per heavy atom. The number of amides is 2. The summed E-state index contributed by atoms with van der Waals surface area (Å²) < 4.78 is 5.64. The monoisotopic (exact) mass is 368 g/mol. The standard InChI is InChI=1S/C15H17BrN2O4/c1-22-15(21)12(8-9-3-2-4-10(16)7-9)18-14(20)11-5-6-13(19)17-11/h2-4,7,11-12H,5-6,8H2,1H3,(H,17,19)(H,18,20)/t11-,12+/m0/s1. The van der Waals surface area contributed by atoms with Gasteiger partial charge < -0.3 is 15.4 Å². The normalized spacial score (nSPS) is 18.5. The molecule has 2 rings (SSSR count). The molecule has 1 aliphatic rings. The van der Waals surface area contributed by atoms with Crippen LogP contribution in [0.4, 0.5) is 0 Å². The van der Waals surface area contributed by atoms with Crippen LogP contribution in [-0.4, -0.2) is 37.0 Å². The van der Waals surface area contributed by atoms with Gasteiger partial charge >= 0.3 is 5.97 Å². The van der Waals surface area contributed by atoms with Crippen molar-refractivity contribution < 1.29 is 19.1 Å². The van der Waals surface area contributed by atoms with Crippen molar-refractivity contribution in [1.29, 1.82) is 0 Å². The van der Waals surface area contributed by atoms with Gasteiger partial charge in [-0.15, -0.1) is 0 Å². The molecule has 0 spiro atoms. The number of nitrogens with one attached hydrogen (secondary N) is 2. The Kier molecular flexibility index (Phi) is 5.54. The Morgan fingerprint density at radius 3 is 2.86 bits per heavy atom. The molecule has 2 N–H and O–H groups in total. The van der Waals surface area contributed by atoms with Crippen molar-refractivity contribution in [3.05, 3.63) is 34.3 Å². The molecule has 0 bridgehead atoms. The number of halogens is 1. The summed E-state index contributed by atoms with van der Waals surface area (Å²) in [5.41, 5.74) is 0.889. The highest BCUT2D eigenvalue weighted by atomic mass is 79.9. The molecule has 0 saturated carbocycles. The zero-order valence-corrected chi connectivity index (χ0v) is 13.7. The SMILES string of the molecule is COC(=O)[C@@H](Cc1cccc(Br)c1)NC(=O)[C@@H]1CCC(=O)N1. The third-order valence-electron chi connectivity index (χ3n) is 3.44. The lowest BCUT2D eigenvalue weighted by Crippen LogP contribution is -2.49. The van der Waals surface area contributed by atoms with Gasteiger partial charge in [-0.25, -0.2) is 4.79 Å². The number of esters is 1. The van der Waals surface area contributed by atoms with E-state index in [1.165, 1.54) is 7.11 Å². The summed E-state index contributed by atoms with van der Waals surface area (Å²) in [6.07, 6.45) is 1.08. The molecular weight excluding hydrogens is 352 g/mol. The number of benzene rings is 1.